The highest BCUT2D eigenvalue weighted by Crippen LogP contribution is 2.23. The second kappa shape index (κ2) is 6.38. The van der Waals surface area contributed by atoms with E-state index in [9.17, 15) is 9.18 Å². The number of hydrogen-bond acceptors (Lipinski definition) is 3. The number of aromatic nitrogens is 4. The average Bonchev–Trinajstić information content (AvgIpc) is 3.14. The number of para-hydroxylation sites is 2. The molecular weight excluding hydrogens is 353 g/mol. The van der Waals surface area contributed by atoms with Crippen molar-refractivity contribution < 1.29 is 9.18 Å². The standard InChI is InChI=1S/C18H16FN5OS/c1-2-7-24-14-6-4-3-5-12(14)20-17(24)23-16(25)11-8-10(19)9-13-15(11)22-18(26)21-13/h3-6,8-9H,2,7H2,1H3,(H,20,23,25)(H2,21,22,26). The SMILES string of the molecule is CCCn1c(NC(=O)c2cc(F)cc3[nH]c(=S)[nH]c23)nc2ccccc21. The fraction of sp³-hybridized carbons (Fsp3) is 0.167. The van der Waals surface area contributed by atoms with Crippen LogP contribution in [0.3, 0.4) is 0 Å². The number of anilines is 1. The summed E-state index contributed by atoms with van der Waals surface area (Å²) in [6, 6.07) is 10.2. The van der Waals surface area contributed by atoms with E-state index in [1.165, 1.54) is 12.1 Å². The minimum absolute atomic E-state index is 0.169. The molecule has 3 N–H and O–H groups in total. The fourth-order valence-corrected chi connectivity index (χ4v) is 3.29. The third-order valence-electron chi connectivity index (χ3n) is 4.16. The zero-order valence-corrected chi connectivity index (χ0v) is 14.8. The van der Waals surface area contributed by atoms with E-state index in [2.05, 4.69) is 27.2 Å². The van der Waals surface area contributed by atoms with Gasteiger partial charge in [-0.2, -0.15) is 0 Å². The van der Waals surface area contributed by atoms with E-state index in [4.69, 9.17) is 12.2 Å². The molecular formula is C18H16FN5OS. The molecule has 0 unspecified atom stereocenters. The van der Waals surface area contributed by atoms with E-state index in [1.807, 2.05) is 28.8 Å². The number of H-pyrrole nitrogens is 2. The number of imidazole rings is 2. The summed E-state index contributed by atoms with van der Waals surface area (Å²) in [6.07, 6.45) is 0.887. The number of rotatable bonds is 4. The van der Waals surface area contributed by atoms with Crippen molar-refractivity contribution in [1.29, 1.82) is 0 Å². The van der Waals surface area contributed by atoms with Crippen LogP contribution < -0.4 is 5.32 Å². The zero-order valence-electron chi connectivity index (χ0n) is 14.0. The second-order valence-corrected chi connectivity index (χ2v) is 6.39. The van der Waals surface area contributed by atoms with Crippen LogP contribution >= 0.6 is 12.2 Å². The van der Waals surface area contributed by atoms with E-state index in [0.29, 0.717) is 28.3 Å². The Labute approximate surface area is 153 Å². The Morgan fingerprint density at radius 3 is 2.92 bits per heavy atom. The molecule has 0 fully saturated rings. The molecule has 0 aliphatic heterocycles. The van der Waals surface area contributed by atoms with Crippen LogP contribution in [0.2, 0.25) is 0 Å². The first kappa shape index (κ1) is 16.5. The smallest absolute Gasteiger partial charge is 0.260 e. The molecule has 0 atom stereocenters. The summed E-state index contributed by atoms with van der Waals surface area (Å²) in [5.74, 6) is -0.535. The van der Waals surface area contributed by atoms with Gasteiger partial charge in [0, 0.05) is 6.54 Å². The van der Waals surface area contributed by atoms with Gasteiger partial charge < -0.3 is 14.5 Å². The van der Waals surface area contributed by atoms with Gasteiger partial charge in [-0.05, 0) is 42.9 Å². The lowest BCUT2D eigenvalue weighted by Gasteiger charge is -2.09. The third kappa shape index (κ3) is 2.78. The predicted octanol–water partition coefficient (Wildman–Crippen LogP) is 4.38. The molecule has 2 aromatic heterocycles. The van der Waals surface area contributed by atoms with E-state index >= 15 is 0 Å². The molecule has 0 spiro atoms. The Hall–Kier alpha value is -3.00. The summed E-state index contributed by atoms with van der Waals surface area (Å²) in [6.45, 7) is 2.76. The van der Waals surface area contributed by atoms with E-state index in [0.717, 1.165) is 17.5 Å². The zero-order chi connectivity index (χ0) is 18.3. The molecule has 2 aromatic carbocycles. The molecule has 0 aliphatic carbocycles. The fourth-order valence-electron chi connectivity index (χ4n) is 3.08. The third-order valence-corrected chi connectivity index (χ3v) is 4.37. The number of carbonyl (C=O) groups is 1. The van der Waals surface area contributed by atoms with Gasteiger partial charge in [0.2, 0.25) is 5.95 Å². The van der Waals surface area contributed by atoms with Crippen LogP contribution in [-0.4, -0.2) is 25.4 Å². The summed E-state index contributed by atoms with van der Waals surface area (Å²) in [4.78, 5) is 23.0. The summed E-state index contributed by atoms with van der Waals surface area (Å²) in [5.41, 5.74) is 2.81. The van der Waals surface area contributed by atoms with Gasteiger partial charge in [0.1, 0.15) is 5.82 Å². The Kier molecular flexibility index (Phi) is 4.04. The molecule has 26 heavy (non-hydrogen) atoms. The van der Waals surface area contributed by atoms with Crippen molar-refractivity contribution in [2.75, 3.05) is 5.32 Å². The van der Waals surface area contributed by atoms with Gasteiger partial charge in [-0.15, -0.1) is 0 Å². The van der Waals surface area contributed by atoms with Crippen molar-refractivity contribution in [2.45, 2.75) is 19.9 Å². The largest absolute Gasteiger partial charge is 0.331 e. The second-order valence-electron chi connectivity index (χ2n) is 5.98. The average molecular weight is 369 g/mol. The highest BCUT2D eigenvalue weighted by Gasteiger charge is 2.18. The molecule has 8 heteroatoms. The van der Waals surface area contributed by atoms with Gasteiger partial charge in [0.15, 0.2) is 4.77 Å². The summed E-state index contributed by atoms with van der Waals surface area (Å²) >= 11 is 5.05. The van der Waals surface area contributed by atoms with Crippen molar-refractivity contribution in [3.8, 4) is 0 Å². The van der Waals surface area contributed by atoms with Crippen LogP contribution in [0, 0.1) is 10.6 Å². The minimum atomic E-state index is -0.519. The van der Waals surface area contributed by atoms with Crippen LogP contribution in [0.4, 0.5) is 10.3 Å². The molecule has 4 aromatic rings. The number of aromatic amines is 2. The van der Waals surface area contributed by atoms with Gasteiger partial charge in [-0.25, -0.2) is 9.37 Å². The predicted molar refractivity (Wildman–Crippen MR) is 101 cm³/mol. The number of carbonyl (C=O) groups excluding carboxylic acids is 1. The Morgan fingerprint density at radius 2 is 2.12 bits per heavy atom. The van der Waals surface area contributed by atoms with Gasteiger partial charge in [0.05, 0.1) is 27.6 Å². The minimum Gasteiger partial charge on any atom is -0.331 e. The number of nitrogens with one attached hydrogen (secondary N) is 3. The number of nitrogens with zero attached hydrogens (tertiary/aromatic N) is 2. The maximum absolute atomic E-state index is 13.9. The van der Waals surface area contributed by atoms with Crippen molar-refractivity contribution in [3.05, 3.63) is 52.5 Å². The van der Waals surface area contributed by atoms with Crippen molar-refractivity contribution in [3.63, 3.8) is 0 Å². The van der Waals surface area contributed by atoms with E-state index < -0.39 is 11.7 Å². The summed E-state index contributed by atoms with van der Waals surface area (Å²) < 4.78 is 16.2. The molecule has 6 nitrogen and oxygen atoms in total. The van der Waals surface area contributed by atoms with Crippen LogP contribution in [0.25, 0.3) is 22.1 Å². The number of halogens is 1. The summed E-state index contributed by atoms with van der Waals surface area (Å²) in [7, 11) is 0. The van der Waals surface area contributed by atoms with E-state index in [-0.39, 0.29) is 5.56 Å². The van der Waals surface area contributed by atoms with Crippen molar-refractivity contribution in [1.82, 2.24) is 19.5 Å². The van der Waals surface area contributed by atoms with Crippen LogP contribution in [0.5, 0.6) is 0 Å². The maximum Gasteiger partial charge on any atom is 0.260 e. The first-order valence-electron chi connectivity index (χ1n) is 8.25. The number of hydrogen-bond donors (Lipinski definition) is 3. The van der Waals surface area contributed by atoms with Gasteiger partial charge in [-0.1, -0.05) is 19.1 Å². The van der Waals surface area contributed by atoms with Crippen molar-refractivity contribution >= 4 is 46.1 Å². The molecule has 0 saturated carbocycles. The van der Waals surface area contributed by atoms with Crippen LogP contribution in [0.15, 0.2) is 36.4 Å². The van der Waals surface area contributed by atoms with Crippen molar-refractivity contribution in [2.24, 2.45) is 0 Å². The molecule has 132 valence electrons. The topological polar surface area (TPSA) is 78.5 Å². The monoisotopic (exact) mass is 369 g/mol. The number of amides is 1. The molecule has 4 rings (SSSR count). The lowest BCUT2D eigenvalue weighted by Crippen LogP contribution is -2.17. The van der Waals surface area contributed by atoms with Crippen LogP contribution in [0.1, 0.15) is 23.7 Å². The Morgan fingerprint density at radius 1 is 1.31 bits per heavy atom. The first-order chi connectivity index (χ1) is 12.6. The number of aryl methyl sites for hydroxylation is 1. The molecule has 1 amide bonds. The lowest BCUT2D eigenvalue weighted by atomic mass is 10.1. The van der Waals surface area contributed by atoms with E-state index in [1.54, 1.807) is 0 Å². The van der Waals surface area contributed by atoms with Gasteiger partial charge >= 0.3 is 0 Å². The highest BCUT2D eigenvalue weighted by atomic mass is 32.1. The molecule has 0 bridgehead atoms. The molecule has 0 radical (unpaired) electrons. The molecule has 0 aliphatic rings. The Bertz CT molecular complexity index is 1190. The summed E-state index contributed by atoms with van der Waals surface area (Å²) in [5, 5.41) is 2.81. The molecule has 2 heterocycles. The quantitative estimate of drug-likeness (QED) is 0.467. The van der Waals surface area contributed by atoms with Gasteiger partial charge in [0.25, 0.3) is 5.91 Å². The normalized spacial score (nSPS) is 11.3. The van der Waals surface area contributed by atoms with Gasteiger partial charge in [-0.3, -0.25) is 10.1 Å². The lowest BCUT2D eigenvalue weighted by molar-refractivity contribution is 0.102. The Balaban J connectivity index is 1.79. The maximum atomic E-state index is 13.9. The van der Waals surface area contributed by atoms with Crippen LogP contribution in [-0.2, 0) is 6.54 Å². The highest BCUT2D eigenvalue weighted by molar-refractivity contribution is 7.71. The first-order valence-corrected chi connectivity index (χ1v) is 8.66. The molecule has 0 saturated heterocycles. The number of benzene rings is 2. The number of fused-ring (bicyclic) bond motifs is 2.